The van der Waals surface area contributed by atoms with E-state index in [1.54, 1.807) is 29.5 Å². The van der Waals surface area contributed by atoms with Crippen molar-refractivity contribution >= 4 is 28.8 Å². The van der Waals surface area contributed by atoms with Crippen LogP contribution in [0.25, 0.3) is 0 Å². The summed E-state index contributed by atoms with van der Waals surface area (Å²) in [6.07, 6.45) is 2.13. The van der Waals surface area contributed by atoms with Crippen LogP contribution in [0.1, 0.15) is 61.5 Å². The number of halogens is 1. The van der Waals surface area contributed by atoms with Crippen LogP contribution in [-0.2, 0) is 12.0 Å². The van der Waals surface area contributed by atoms with Gasteiger partial charge in [0.2, 0.25) is 0 Å². The molecule has 1 amide bonds. The van der Waals surface area contributed by atoms with Crippen LogP contribution in [0.5, 0.6) is 5.75 Å². The standard InChI is InChI=1S/C20H27ClN2O2S/c1-7-8-11-23-13(2)17(20(3,4)5)26-19(23)22-18(24)15-12-14(21)9-10-16(15)25-6/h9-10,12H,7-8,11H2,1-6H3. The summed E-state index contributed by atoms with van der Waals surface area (Å²) in [6, 6.07) is 5.00. The van der Waals surface area contributed by atoms with E-state index in [2.05, 4.69) is 44.2 Å². The third-order valence-corrected chi connectivity index (χ3v) is 6.00. The number of carbonyl (C=O) groups is 1. The first-order chi connectivity index (χ1) is 12.2. The Morgan fingerprint density at radius 3 is 2.62 bits per heavy atom. The highest BCUT2D eigenvalue weighted by Crippen LogP contribution is 2.29. The summed E-state index contributed by atoms with van der Waals surface area (Å²) in [4.78, 5) is 19.2. The Bertz CT molecular complexity index is 860. The Hall–Kier alpha value is -1.59. The summed E-state index contributed by atoms with van der Waals surface area (Å²) < 4.78 is 7.45. The van der Waals surface area contributed by atoms with Crippen molar-refractivity contribution < 1.29 is 9.53 Å². The number of carbonyl (C=O) groups excluding carboxylic acids is 1. The summed E-state index contributed by atoms with van der Waals surface area (Å²) in [7, 11) is 1.54. The first-order valence-corrected chi connectivity index (χ1v) is 10.0. The molecule has 0 aliphatic heterocycles. The van der Waals surface area contributed by atoms with E-state index in [1.807, 2.05) is 0 Å². The molecule has 2 aromatic rings. The smallest absolute Gasteiger partial charge is 0.283 e. The summed E-state index contributed by atoms with van der Waals surface area (Å²) >= 11 is 7.64. The number of unbranched alkanes of at least 4 members (excludes halogenated alkanes) is 1. The van der Waals surface area contributed by atoms with Crippen molar-refractivity contribution in [3.05, 3.63) is 44.2 Å². The Morgan fingerprint density at radius 1 is 1.35 bits per heavy atom. The number of rotatable bonds is 5. The quantitative estimate of drug-likeness (QED) is 0.685. The summed E-state index contributed by atoms with van der Waals surface area (Å²) in [6.45, 7) is 11.7. The highest BCUT2D eigenvalue weighted by atomic mass is 35.5. The number of ether oxygens (including phenoxy) is 1. The number of thiazole rings is 1. The molecule has 0 unspecified atom stereocenters. The summed E-state index contributed by atoms with van der Waals surface area (Å²) in [5, 5.41) is 0.487. The van der Waals surface area contributed by atoms with E-state index in [0.29, 0.717) is 16.3 Å². The third-order valence-electron chi connectivity index (χ3n) is 4.16. The van der Waals surface area contributed by atoms with Crippen LogP contribution in [-0.4, -0.2) is 17.6 Å². The fourth-order valence-electron chi connectivity index (χ4n) is 2.84. The predicted octanol–water partition coefficient (Wildman–Crippen LogP) is 5.36. The first kappa shape index (κ1) is 20.7. The Morgan fingerprint density at radius 2 is 2.04 bits per heavy atom. The zero-order chi connectivity index (χ0) is 19.5. The van der Waals surface area contributed by atoms with Crippen molar-refractivity contribution in [2.24, 2.45) is 4.99 Å². The van der Waals surface area contributed by atoms with Gasteiger partial charge in [-0.25, -0.2) is 0 Å². The molecule has 0 atom stereocenters. The van der Waals surface area contributed by atoms with Gasteiger partial charge in [-0.2, -0.15) is 4.99 Å². The van der Waals surface area contributed by atoms with E-state index in [9.17, 15) is 4.79 Å². The number of amides is 1. The molecular weight excluding hydrogens is 368 g/mol. The van der Waals surface area contributed by atoms with E-state index < -0.39 is 0 Å². The molecule has 6 heteroatoms. The molecule has 0 saturated heterocycles. The minimum Gasteiger partial charge on any atom is -0.496 e. The van der Waals surface area contributed by atoms with Gasteiger partial charge in [0.05, 0.1) is 12.7 Å². The molecule has 1 aromatic carbocycles. The zero-order valence-corrected chi connectivity index (χ0v) is 17.9. The van der Waals surface area contributed by atoms with Gasteiger partial charge >= 0.3 is 0 Å². The molecule has 0 radical (unpaired) electrons. The monoisotopic (exact) mass is 394 g/mol. The highest BCUT2D eigenvalue weighted by Gasteiger charge is 2.22. The van der Waals surface area contributed by atoms with Crippen LogP contribution in [0, 0.1) is 6.92 Å². The average Bonchev–Trinajstić information content (AvgIpc) is 2.88. The van der Waals surface area contributed by atoms with E-state index in [0.717, 1.165) is 24.2 Å². The van der Waals surface area contributed by atoms with E-state index in [1.165, 1.54) is 17.7 Å². The fourth-order valence-corrected chi connectivity index (χ4v) is 4.22. The summed E-state index contributed by atoms with van der Waals surface area (Å²) in [5.74, 6) is 0.142. The second kappa shape index (κ2) is 8.40. The van der Waals surface area contributed by atoms with Gasteiger partial charge in [0, 0.05) is 22.1 Å². The predicted molar refractivity (Wildman–Crippen MR) is 109 cm³/mol. The van der Waals surface area contributed by atoms with Crippen LogP contribution in [0.15, 0.2) is 23.2 Å². The molecular formula is C20H27ClN2O2S. The maximum absolute atomic E-state index is 12.8. The Balaban J connectivity index is 2.59. The molecule has 2 rings (SSSR count). The van der Waals surface area contributed by atoms with Gasteiger partial charge in [0.25, 0.3) is 5.91 Å². The number of hydrogen-bond donors (Lipinski definition) is 0. The van der Waals surface area contributed by atoms with E-state index >= 15 is 0 Å². The van der Waals surface area contributed by atoms with Crippen molar-refractivity contribution in [1.82, 2.24) is 4.57 Å². The lowest BCUT2D eigenvalue weighted by Gasteiger charge is -2.17. The molecule has 0 saturated carbocycles. The van der Waals surface area contributed by atoms with Crippen molar-refractivity contribution in [2.75, 3.05) is 7.11 Å². The Labute approximate surface area is 164 Å². The second-order valence-electron chi connectivity index (χ2n) is 7.32. The molecule has 0 aliphatic rings. The van der Waals surface area contributed by atoms with Crippen molar-refractivity contribution in [2.45, 2.75) is 59.4 Å². The molecule has 1 aromatic heterocycles. The minimum atomic E-state index is -0.337. The lowest BCUT2D eigenvalue weighted by Crippen LogP contribution is -2.19. The second-order valence-corrected chi connectivity index (χ2v) is 8.73. The van der Waals surface area contributed by atoms with Gasteiger partial charge in [-0.05, 0) is 37.0 Å². The number of benzene rings is 1. The van der Waals surface area contributed by atoms with Gasteiger partial charge in [-0.1, -0.05) is 45.7 Å². The van der Waals surface area contributed by atoms with Gasteiger partial charge in [0.15, 0.2) is 4.80 Å². The average molecular weight is 395 g/mol. The van der Waals surface area contributed by atoms with Crippen molar-refractivity contribution in [3.63, 3.8) is 0 Å². The zero-order valence-electron chi connectivity index (χ0n) is 16.4. The number of methoxy groups -OCH3 is 1. The first-order valence-electron chi connectivity index (χ1n) is 8.82. The van der Waals surface area contributed by atoms with Crippen molar-refractivity contribution in [3.8, 4) is 5.75 Å². The molecule has 0 N–H and O–H groups in total. The summed E-state index contributed by atoms with van der Waals surface area (Å²) in [5.41, 5.74) is 1.57. The number of hydrogen-bond acceptors (Lipinski definition) is 3. The molecule has 1 heterocycles. The largest absolute Gasteiger partial charge is 0.496 e. The number of aromatic nitrogens is 1. The molecule has 0 bridgehead atoms. The third kappa shape index (κ3) is 4.57. The highest BCUT2D eigenvalue weighted by molar-refractivity contribution is 7.09. The van der Waals surface area contributed by atoms with Crippen LogP contribution >= 0.6 is 22.9 Å². The molecule has 0 fully saturated rings. The molecule has 26 heavy (non-hydrogen) atoms. The number of nitrogens with zero attached hydrogens (tertiary/aromatic N) is 2. The molecule has 0 spiro atoms. The maximum Gasteiger partial charge on any atom is 0.283 e. The lowest BCUT2D eigenvalue weighted by atomic mass is 9.93. The SMILES string of the molecule is CCCCn1c(C)c(C(C)(C)C)sc1=NC(=O)c1cc(Cl)ccc1OC. The fraction of sp³-hybridized carbons (Fsp3) is 0.500. The van der Waals surface area contributed by atoms with Gasteiger partial charge in [-0.3, -0.25) is 4.79 Å². The maximum atomic E-state index is 12.8. The molecule has 4 nitrogen and oxygen atoms in total. The van der Waals surface area contributed by atoms with E-state index in [-0.39, 0.29) is 11.3 Å². The molecule has 142 valence electrons. The van der Waals surface area contributed by atoms with Crippen LogP contribution < -0.4 is 9.54 Å². The van der Waals surface area contributed by atoms with Crippen LogP contribution in [0.3, 0.4) is 0 Å². The van der Waals surface area contributed by atoms with Gasteiger partial charge < -0.3 is 9.30 Å². The van der Waals surface area contributed by atoms with Crippen LogP contribution in [0.2, 0.25) is 5.02 Å². The minimum absolute atomic E-state index is 0.00722. The Kier molecular flexibility index (Phi) is 6.69. The topological polar surface area (TPSA) is 43.6 Å². The van der Waals surface area contributed by atoms with E-state index in [4.69, 9.17) is 16.3 Å². The van der Waals surface area contributed by atoms with Crippen LogP contribution in [0.4, 0.5) is 0 Å². The lowest BCUT2D eigenvalue weighted by molar-refractivity contribution is 0.0995. The van der Waals surface area contributed by atoms with Gasteiger partial charge in [-0.15, -0.1) is 11.3 Å². The molecule has 0 aliphatic carbocycles. The normalized spacial score (nSPS) is 12.5. The van der Waals surface area contributed by atoms with Gasteiger partial charge in [0.1, 0.15) is 5.75 Å². The van der Waals surface area contributed by atoms with Crippen molar-refractivity contribution in [1.29, 1.82) is 0 Å².